The number of hydrogen-bond acceptors (Lipinski definition) is 7. The second-order valence-corrected chi connectivity index (χ2v) is 8.79. The first kappa shape index (κ1) is 23.5. The first-order chi connectivity index (χ1) is 16.5. The van der Waals surface area contributed by atoms with Crippen molar-refractivity contribution in [1.29, 1.82) is 0 Å². The summed E-state index contributed by atoms with van der Waals surface area (Å²) < 4.78 is 16.9. The van der Waals surface area contributed by atoms with Crippen LogP contribution in [0.4, 0.5) is 5.69 Å². The number of nitrogens with zero attached hydrogens (tertiary/aromatic N) is 1. The van der Waals surface area contributed by atoms with Crippen molar-refractivity contribution in [1.82, 2.24) is 0 Å². The van der Waals surface area contributed by atoms with E-state index in [0.717, 1.165) is 5.56 Å². The normalized spacial score (nSPS) is 14.4. The summed E-state index contributed by atoms with van der Waals surface area (Å²) in [6.07, 6.45) is 1.74. The van der Waals surface area contributed by atoms with Gasteiger partial charge >= 0.3 is 5.97 Å². The number of thioether (sulfide) groups is 1. The van der Waals surface area contributed by atoms with Crippen LogP contribution in [0, 0.1) is 0 Å². The molecule has 4 rings (SSSR count). The van der Waals surface area contributed by atoms with E-state index in [-0.39, 0.29) is 5.91 Å². The fourth-order valence-electron chi connectivity index (χ4n) is 3.27. The molecule has 0 N–H and O–H groups in total. The summed E-state index contributed by atoms with van der Waals surface area (Å²) in [6, 6.07) is 21.0. The van der Waals surface area contributed by atoms with Crippen LogP contribution in [-0.2, 0) is 4.79 Å². The molecule has 0 bridgehead atoms. The minimum absolute atomic E-state index is 0.210. The number of methoxy groups -OCH3 is 1. The molecule has 0 aliphatic carbocycles. The predicted molar refractivity (Wildman–Crippen MR) is 138 cm³/mol. The zero-order chi connectivity index (χ0) is 24.1. The monoisotopic (exact) mass is 491 g/mol. The molecule has 8 heteroatoms. The maximum atomic E-state index is 13.1. The van der Waals surface area contributed by atoms with Gasteiger partial charge in [0, 0.05) is 0 Å². The molecule has 1 amide bonds. The molecule has 0 spiro atoms. The van der Waals surface area contributed by atoms with Crippen molar-refractivity contribution >= 4 is 51.9 Å². The standard InChI is InChI=1S/C26H21NO5S2/c1-3-31-22-15-17(9-14-21(22)32-25(29)18-7-5-4-6-8-18)16-23-24(28)27(26(33)34-23)19-10-12-20(30-2)13-11-19/h4-16H,3H2,1-2H3. The van der Waals surface area contributed by atoms with E-state index in [1.54, 1.807) is 79.9 Å². The van der Waals surface area contributed by atoms with E-state index in [4.69, 9.17) is 26.4 Å². The van der Waals surface area contributed by atoms with Crippen molar-refractivity contribution in [3.05, 3.63) is 88.8 Å². The van der Waals surface area contributed by atoms with Crippen LogP contribution in [0.3, 0.4) is 0 Å². The fourth-order valence-corrected chi connectivity index (χ4v) is 4.57. The highest BCUT2D eigenvalue weighted by Gasteiger charge is 2.33. The topological polar surface area (TPSA) is 65.1 Å². The summed E-state index contributed by atoms with van der Waals surface area (Å²) in [5, 5.41) is 0. The van der Waals surface area contributed by atoms with E-state index in [1.807, 2.05) is 13.0 Å². The number of esters is 1. The lowest BCUT2D eigenvalue weighted by atomic mass is 10.1. The van der Waals surface area contributed by atoms with Crippen molar-refractivity contribution in [2.75, 3.05) is 18.6 Å². The van der Waals surface area contributed by atoms with E-state index in [9.17, 15) is 9.59 Å². The van der Waals surface area contributed by atoms with Crippen LogP contribution in [0.2, 0.25) is 0 Å². The number of amides is 1. The summed E-state index contributed by atoms with van der Waals surface area (Å²) in [5.41, 5.74) is 1.83. The Labute approximate surface area is 207 Å². The second-order valence-electron chi connectivity index (χ2n) is 7.11. The lowest BCUT2D eigenvalue weighted by Crippen LogP contribution is -2.27. The lowest BCUT2D eigenvalue weighted by molar-refractivity contribution is -0.113. The Morgan fingerprint density at radius 1 is 1.03 bits per heavy atom. The number of carbonyl (C=O) groups is 2. The van der Waals surface area contributed by atoms with Crippen molar-refractivity contribution in [2.24, 2.45) is 0 Å². The number of rotatable bonds is 7. The highest BCUT2D eigenvalue weighted by Crippen LogP contribution is 2.37. The highest BCUT2D eigenvalue weighted by atomic mass is 32.2. The molecule has 0 unspecified atom stereocenters. The van der Waals surface area contributed by atoms with Crippen molar-refractivity contribution in [3.8, 4) is 17.2 Å². The van der Waals surface area contributed by atoms with Gasteiger partial charge in [0.25, 0.3) is 5.91 Å². The summed E-state index contributed by atoms with van der Waals surface area (Å²) in [6.45, 7) is 2.23. The average molecular weight is 492 g/mol. The number of anilines is 1. The molecule has 0 aromatic heterocycles. The third-order valence-electron chi connectivity index (χ3n) is 4.90. The number of carbonyl (C=O) groups excluding carboxylic acids is 2. The van der Waals surface area contributed by atoms with Crippen LogP contribution in [0.5, 0.6) is 17.2 Å². The minimum atomic E-state index is -0.477. The van der Waals surface area contributed by atoms with E-state index in [0.29, 0.717) is 44.3 Å². The van der Waals surface area contributed by atoms with Crippen LogP contribution < -0.4 is 19.1 Å². The molecule has 6 nitrogen and oxygen atoms in total. The van der Waals surface area contributed by atoms with Gasteiger partial charge in [0.05, 0.1) is 29.9 Å². The van der Waals surface area contributed by atoms with Gasteiger partial charge in [0.15, 0.2) is 15.8 Å². The van der Waals surface area contributed by atoms with Gasteiger partial charge < -0.3 is 14.2 Å². The Balaban J connectivity index is 1.57. The van der Waals surface area contributed by atoms with Gasteiger partial charge in [0.1, 0.15) is 5.75 Å². The summed E-state index contributed by atoms with van der Waals surface area (Å²) in [5.74, 6) is 0.721. The predicted octanol–water partition coefficient (Wildman–Crippen LogP) is 5.72. The first-order valence-electron chi connectivity index (χ1n) is 10.5. The van der Waals surface area contributed by atoms with Crippen LogP contribution in [-0.4, -0.2) is 29.9 Å². The SMILES string of the molecule is CCOc1cc(C=C2SC(=S)N(c3ccc(OC)cc3)C2=O)ccc1OC(=O)c1ccccc1. The largest absolute Gasteiger partial charge is 0.497 e. The number of benzene rings is 3. The summed E-state index contributed by atoms with van der Waals surface area (Å²) >= 11 is 6.67. The van der Waals surface area contributed by atoms with E-state index in [2.05, 4.69) is 0 Å². The molecular formula is C26H21NO5S2. The van der Waals surface area contributed by atoms with Crippen molar-refractivity contribution < 1.29 is 23.8 Å². The van der Waals surface area contributed by atoms with Gasteiger partial charge in [-0.2, -0.15) is 0 Å². The zero-order valence-electron chi connectivity index (χ0n) is 18.5. The molecule has 1 saturated heterocycles. The van der Waals surface area contributed by atoms with E-state index in [1.165, 1.54) is 16.7 Å². The highest BCUT2D eigenvalue weighted by molar-refractivity contribution is 8.27. The minimum Gasteiger partial charge on any atom is -0.497 e. The molecule has 0 saturated carbocycles. The van der Waals surface area contributed by atoms with E-state index >= 15 is 0 Å². The van der Waals surface area contributed by atoms with Crippen LogP contribution >= 0.6 is 24.0 Å². The first-order valence-corrected chi connectivity index (χ1v) is 11.7. The molecule has 1 aliphatic heterocycles. The van der Waals surface area contributed by atoms with Crippen LogP contribution in [0.25, 0.3) is 6.08 Å². The van der Waals surface area contributed by atoms with Gasteiger partial charge in [-0.1, -0.05) is 48.2 Å². The third kappa shape index (κ3) is 5.13. The van der Waals surface area contributed by atoms with Gasteiger partial charge in [-0.15, -0.1) is 0 Å². The van der Waals surface area contributed by atoms with Crippen molar-refractivity contribution in [3.63, 3.8) is 0 Å². The Bertz CT molecular complexity index is 1260. The van der Waals surface area contributed by atoms with E-state index < -0.39 is 5.97 Å². The Hall–Kier alpha value is -3.62. The molecule has 1 heterocycles. The Kier molecular flexibility index (Phi) is 7.30. The van der Waals surface area contributed by atoms with Gasteiger partial charge in [-0.05, 0) is 67.1 Å². The molecule has 1 aliphatic rings. The van der Waals surface area contributed by atoms with Gasteiger partial charge in [-0.3, -0.25) is 9.69 Å². The Morgan fingerprint density at radius 2 is 1.76 bits per heavy atom. The number of ether oxygens (including phenoxy) is 3. The Morgan fingerprint density at radius 3 is 2.44 bits per heavy atom. The van der Waals surface area contributed by atoms with Crippen molar-refractivity contribution in [2.45, 2.75) is 6.92 Å². The van der Waals surface area contributed by atoms with Gasteiger partial charge in [-0.25, -0.2) is 4.79 Å². The lowest BCUT2D eigenvalue weighted by Gasteiger charge is -2.14. The quantitative estimate of drug-likeness (QED) is 0.181. The molecule has 3 aromatic carbocycles. The van der Waals surface area contributed by atoms with Crippen LogP contribution in [0.15, 0.2) is 77.7 Å². The zero-order valence-corrected chi connectivity index (χ0v) is 20.2. The smallest absolute Gasteiger partial charge is 0.343 e. The number of thiocarbonyl (C=S) groups is 1. The molecule has 172 valence electrons. The maximum absolute atomic E-state index is 13.1. The molecule has 0 radical (unpaired) electrons. The molecule has 0 atom stereocenters. The molecule has 3 aromatic rings. The molecular weight excluding hydrogens is 470 g/mol. The van der Waals surface area contributed by atoms with Gasteiger partial charge in [0.2, 0.25) is 0 Å². The summed E-state index contributed by atoms with van der Waals surface area (Å²) in [4.78, 5) is 27.5. The average Bonchev–Trinajstić information content (AvgIpc) is 3.13. The summed E-state index contributed by atoms with van der Waals surface area (Å²) in [7, 11) is 1.59. The molecule has 1 fully saturated rings. The fraction of sp³-hybridized carbons (Fsp3) is 0.115. The second kappa shape index (κ2) is 10.5. The molecule has 34 heavy (non-hydrogen) atoms. The third-order valence-corrected chi connectivity index (χ3v) is 6.20. The maximum Gasteiger partial charge on any atom is 0.343 e. The van der Waals surface area contributed by atoms with Crippen LogP contribution in [0.1, 0.15) is 22.8 Å². The number of hydrogen-bond donors (Lipinski definition) is 0.